The van der Waals surface area contributed by atoms with Crippen LogP contribution in [0.1, 0.15) is 6.42 Å². The number of methoxy groups -OCH3 is 1. The SMILES string of the molecule is COc1ccc(-c2nc3ccccc3n2CCC(N)=S)cc1. The first-order valence-corrected chi connectivity index (χ1v) is 7.48. The van der Waals surface area contributed by atoms with Crippen LogP contribution in [0.4, 0.5) is 0 Å². The summed E-state index contributed by atoms with van der Waals surface area (Å²) < 4.78 is 7.38. The summed E-state index contributed by atoms with van der Waals surface area (Å²) in [6.07, 6.45) is 0.652. The summed E-state index contributed by atoms with van der Waals surface area (Å²) in [5, 5.41) is 0. The Morgan fingerprint density at radius 3 is 2.59 bits per heavy atom. The maximum absolute atomic E-state index is 5.66. The second-order valence-corrected chi connectivity index (χ2v) is 5.54. The van der Waals surface area contributed by atoms with Crippen molar-refractivity contribution in [1.29, 1.82) is 0 Å². The van der Waals surface area contributed by atoms with Crippen LogP contribution in [0.25, 0.3) is 22.4 Å². The van der Waals surface area contributed by atoms with Crippen LogP contribution in [-0.4, -0.2) is 21.6 Å². The van der Waals surface area contributed by atoms with Gasteiger partial charge in [-0.3, -0.25) is 0 Å². The summed E-state index contributed by atoms with van der Waals surface area (Å²) in [5.41, 5.74) is 8.76. The van der Waals surface area contributed by atoms with Crippen molar-refractivity contribution in [3.05, 3.63) is 48.5 Å². The van der Waals surface area contributed by atoms with E-state index in [4.69, 9.17) is 27.7 Å². The number of nitrogens with zero attached hydrogens (tertiary/aromatic N) is 2. The first-order valence-electron chi connectivity index (χ1n) is 7.07. The molecule has 0 fully saturated rings. The summed E-state index contributed by atoms with van der Waals surface area (Å²) in [6.45, 7) is 0.719. The molecule has 0 bridgehead atoms. The number of hydrogen-bond acceptors (Lipinski definition) is 3. The van der Waals surface area contributed by atoms with Gasteiger partial charge in [0.25, 0.3) is 0 Å². The first kappa shape index (κ1) is 14.5. The molecule has 0 amide bonds. The van der Waals surface area contributed by atoms with E-state index < -0.39 is 0 Å². The van der Waals surface area contributed by atoms with E-state index in [9.17, 15) is 0 Å². The Kier molecular flexibility index (Phi) is 4.06. The Hall–Kier alpha value is -2.40. The number of aryl methyl sites for hydroxylation is 1. The van der Waals surface area contributed by atoms with Gasteiger partial charge >= 0.3 is 0 Å². The molecule has 0 atom stereocenters. The lowest BCUT2D eigenvalue weighted by Gasteiger charge is -2.09. The lowest BCUT2D eigenvalue weighted by Crippen LogP contribution is -2.12. The number of nitrogens with two attached hydrogens (primary N) is 1. The first-order chi connectivity index (χ1) is 10.7. The van der Waals surface area contributed by atoms with Crippen LogP contribution >= 0.6 is 12.2 Å². The van der Waals surface area contributed by atoms with E-state index in [1.807, 2.05) is 42.5 Å². The van der Waals surface area contributed by atoms with E-state index >= 15 is 0 Å². The van der Waals surface area contributed by atoms with E-state index in [-0.39, 0.29) is 0 Å². The monoisotopic (exact) mass is 311 g/mol. The van der Waals surface area contributed by atoms with Crippen molar-refractivity contribution >= 4 is 28.2 Å². The van der Waals surface area contributed by atoms with E-state index in [2.05, 4.69) is 10.6 Å². The van der Waals surface area contributed by atoms with Crippen LogP contribution in [0.5, 0.6) is 5.75 Å². The highest BCUT2D eigenvalue weighted by molar-refractivity contribution is 7.80. The van der Waals surface area contributed by atoms with E-state index in [1.54, 1.807) is 7.11 Å². The second kappa shape index (κ2) is 6.15. The molecule has 5 heteroatoms. The zero-order valence-corrected chi connectivity index (χ0v) is 13.1. The van der Waals surface area contributed by atoms with Gasteiger partial charge in [0.05, 0.1) is 23.1 Å². The van der Waals surface area contributed by atoms with E-state index in [1.165, 1.54) is 0 Å². The molecule has 4 nitrogen and oxygen atoms in total. The summed E-state index contributed by atoms with van der Waals surface area (Å²) in [6, 6.07) is 16.0. The van der Waals surface area contributed by atoms with Crippen molar-refractivity contribution in [2.45, 2.75) is 13.0 Å². The van der Waals surface area contributed by atoms with Crippen molar-refractivity contribution in [1.82, 2.24) is 9.55 Å². The van der Waals surface area contributed by atoms with Gasteiger partial charge in [0.2, 0.25) is 0 Å². The molecule has 0 unspecified atom stereocenters. The predicted molar refractivity (Wildman–Crippen MR) is 93.1 cm³/mol. The molecule has 0 aliphatic carbocycles. The molecule has 0 aliphatic heterocycles. The molecule has 3 rings (SSSR count). The molecule has 112 valence electrons. The molecule has 1 heterocycles. The highest BCUT2D eigenvalue weighted by Gasteiger charge is 2.12. The fourth-order valence-corrected chi connectivity index (χ4v) is 2.58. The largest absolute Gasteiger partial charge is 0.497 e. The Morgan fingerprint density at radius 2 is 1.91 bits per heavy atom. The minimum absolute atomic E-state index is 0.512. The standard InChI is InChI=1S/C17H17N3OS/c1-21-13-8-6-12(7-9-13)17-19-14-4-2-3-5-15(14)20(17)11-10-16(18)22/h2-9H,10-11H2,1H3,(H2,18,22). The Balaban J connectivity index is 2.09. The lowest BCUT2D eigenvalue weighted by atomic mass is 10.2. The maximum atomic E-state index is 5.66. The number of hydrogen-bond donors (Lipinski definition) is 1. The molecule has 0 aliphatic rings. The summed E-state index contributed by atoms with van der Waals surface area (Å²) in [4.78, 5) is 5.27. The molecule has 0 saturated heterocycles. The van der Waals surface area contributed by atoms with Crippen LogP contribution in [0.2, 0.25) is 0 Å². The van der Waals surface area contributed by atoms with Crippen molar-refractivity contribution in [3.63, 3.8) is 0 Å². The van der Waals surface area contributed by atoms with Crippen LogP contribution < -0.4 is 10.5 Å². The molecular formula is C17H17N3OS. The predicted octanol–water partition coefficient (Wildman–Crippen LogP) is 3.39. The number of para-hydroxylation sites is 2. The molecule has 1 aromatic heterocycles. The van der Waals surface area contributed by atoms with Crippen molar-refractivity contribution < 1.29 is 4.74 Å². The lowest BCUT2D eigenvalue weighted by molar-refractivity contribution is 0.415. The van der Waals surface area contributed by atoms with Crippen molar-refractivity contribution in [2.24, 2.45) is 5.73 Å². The number of imidazole rings is 1. The van der Waals surface area contributed by atoms with Gasteiger partial charge in [0.15, 0.2) is 0 Å². The minimum atomic E-state index is 0.512. The van der Waals surface area contributed by atoms with Crippen molar-refractivity contribution in [2.75, 3.05) is 7.11 Å². The van der Waals surface area contributed by atoms with Gasteiger partial charge in [0.1, 0.15) is 11.6 Å². The molecule has 0 saturated carbocycles. The van der Waals surface area contributed by atoms with Gasteiger partial charge in [0, 0.05) is 18.5 Å². The summed E-state index contributed by atoms with van der Waals surface area (Å²) >= 11 is 5.01. The average Bonchev–Trinajstić information content (AvgIpc) is 2.91. The minimum Gasteiger partial charge on any atom is -0.497 e. The third-order valence-corrected chi connectivity index (χ3v) is 3.79. The summed E-state index contributed by atoms with van der Waals surface area (Å²) in [7, 11) is 1.66. The smallest absolute Gasteiger partial charge is 0.141 e. The van der Waals surface area contributed by atoms with Crippen LogP contribution in [0.3, 0.4) is 0 Å². The molecule has 2 N–H and O–H groups in total. The van der Waals surface area contributed by atoms with Crippen LogP contribution in [0.15, 0.2) is 48.5 Å². The molecule has 0 spiro atoms. The number of aromatic nitrogens is 2. The Bertz CT molecular complexity index is 808. The Labute approximate surface area is 134 Å². The maximum Gasteiger partial charge on any atom is 0.141 e. The topological polar surface area (TPSA) is 53.1 Å². The molecule has 3 aromatic rings. The fraction of sp³-hybridized carbons (Fsp3) is 0.176. The highest BCUT2D eigenvalue weighted by Crippen LogP contribution is 2.26. The van der Waals surface area contributed by atoms with Gasteiger partial charge in [-0.05, 0) is 36.4 Å². The molecule has 2 aromatic carbocycles. The second-order valence-electron chi connectivity index (χ2n) is 5.02. The third kappa shape index (κ3) is 2.80. The van der Waals surface area contributed by atoms with Gasteiger partial charge in [-0.15, -0.1) is 0 Å². The molecule has 0 radical (unpaired) electrons. The van der Waals surface area contributed by atoms with Crippen LogP contribution in [-0.2, 0) is 6.54 Å². The van der Waals surface area contributed by atoms with Crippen LogP contribution in [0, 0.1) is 0 Å². The van der Waals surface area contributed by atoms with Gasteiger partial charge in [-0.1, -0.05) is 24.4 Å². The number of thiocarbonyl (C=S) groups is 1. The van der Waals surface area contributed by atoms with Gasteiger partial charge < -0.3 is 15.0 Å². The zero-order valence-electron chi connectivity index (χ0n) is 12.3. The highest BCUT2D eigenvalue weighted by atomic mass is 32.1. The third-order valence-electron chi connectivity index (χ3n) is 3.58. The number of fused-ring (bicyclic) bond motifs is 1. The summed E-state index contributed by atoms with van der Waals surface area (Å²) in [5.74, 6) is 1.75. The fourth-order valence-electron chi connectivity index (χ4n) is 2.48. The van der Waals surface area contributed by atoms with Crippen molar-refractivity contribution in [3.8, 4) is 17.1 Å². The normalized spacial score (nSPS) is 10.8. The zero-order chi connectivity index (χ0) is 15.5. The molecule has 22 heavy (non-hydrogen) atoms. The van der Waals surface area contributed by atoms with Gasteiger partial charge in [-0.25, -0.2) is 4.98 Å². The van der Waals surface area contributed by atoms with Gasteiger partial charge in [-0.2, -0.15) is 0 Å². The average molecular weight is 311 g/mol. The molecular weight excluding hydrogens is 294 g/mol. The van der Waals surface area contributed by atoms with E-state index in [0.29, 0.717) is 11.4 Å². The number of ether oxygens (including phenoxy) is 1. The quantitative estimate of drug-likeness (QED) is 0.734. The van der Waals surface area contributed by atoms with E-state index in [0.717, 1.165) is 34.7 Å². The Morgan fingerprint density at radius 1 is 1.18 bits per heavy atom. The number of rotatable bonds is 5. The number of benzene rings is 2.